The molecule has 0 bridgehead atoms. The van der Waals surface area contributed by atoms with Crippen LogP contribution in [0.15, 0.2) is 41.2 Å². The molecule has 8 heteroatoms. The minimum Gasteiger partial charge on any atom is -0.277 e. The first-order valence-electron chi connectivity index (χ1n) is 7.51. The number of carbonyl (C=O) groups excluding carboxylic acids is 1. The van der Waals surface area contributed by atoms with Crippen LogP contribution >= 0.6 is 0 Å². The van der Waals surface area contributed by atoms with Gasteiger partial charge in [0.25, 0.3) is 11.5 Å². The molecule has 130 valence electrons. The molecule has 1 aromatic heterocycles. The smallest absolute Gasteiger partial charge is 0.277 e. The average molecular weight is 349 g/mol. The molecule has 1 aliphatic rings. The summed E-state index contributed by atoms with van der Waals surface area (Å²) < 4.78 is 39.5. The van der Waals surface area contributed by atoms with Crippen molar-refractivity contribution < 1.29 is 18.0 Å². The highest BCUT2D eigenvalue weighted by molar-refractivity contribution is 6.03. The molecule has 0 radical (unpaired) electrons. The van der Waals surface area contributed by atoms with E-state index in [1.54, 1.807) is 6.92 Å². The summed E-state index contributed by atoms with van der Waals surface area (Å²) in [5, 5.41) is 0. The minimum atomic E-state index is -4.44. The van der Waals surface area contributed by atoms with Gasteiger partial charge < -0.3 is 0 Å². The van der Waals surface area contributed by atoms with E-state index in [0.717, 1.165) is 12.1 Å². The van der Waals surface area contributed by atoms with Gasteiger partial charge in [-0.2, -0.15) is 13.2 Å². The Balaban J connectivity index is 1.83. The van der Waals surface area contributed by atoms with E-state index in [1.165, 1.54) is 39.8 Å². The summed E-state index contributed by atoms with van der Waals surface area (Å²) in [6.07, 6.45) is -1.95. The molecule has 25 heavy (non-hydrogen) atoms. The SMILES string of the molecule is Cc1cc(=O)n2c(n1)N(C(=O)/C=C/c1cccc(C(F)(F)F)c1)CC2. The molecular formula is C17H14F3N3O2. The Morgan fingerprint density at radius 2 is 2.00 bits per heavy atom. The second kappa shape index (κ2) is 6.19. The van der Waals surface area contributed by atoms with Crippen molar-refractivity contribution in [3.05, 3.63) is 63.6 Å². The lowest BCUT2D eigenvalue weighted by Crippen LogP contribution is -2.28. The molecule has 2 heterocycles. The highest BCUT2D eigenvalue weighted by Crippen LogP contribution is 2.29. The number of rotatable bonds is 2. The molecule has 0 fully saturated rings. The summed E-state index contributed by atoms with van der Waals surface area (Å²) in [5.74, 6) is -0.190. The first-order valence-corrected chi connectivity index (χ1v) is 7.51. The van der Waals surface area contributed by atoms with Crippen molar-refractivity contribution in [3.63, 3.8) is 0 Å². The highest BCUT2D eigenvalue weighted by Gasteiger charge is 2.30. The largest absolute Gasteiger partial charge is 0.416 e. The number of benzene rings is 1. The molecule has 0 aliphatic carbocycles. The summed E-state index contributed by atoms with van der Waals surface area (Å²) >= 11 is 0. The van der Waals surface area contributed by atoms with Gasteiger partial charge in [-0.05, 0) is 30.7 Å². The normalized spacial score (nSPS) is 14.2. The summed E-state index contributed by atoms with van der Waals surface area (Å²) in [5.41, 5.74) is -0.258. The van der Waals surface area contributed by atoms with Gasteiger partial charge in [-0.1, -0.05) is 12.1 Å². The molecule has 3 rings (SSSR count). The Kier molecular flexibility index (Phi) is 4.20. The zero-order valence-corrected chi connectivity index (χ0v) is 13.2. The van der Waals surface area contributed by atoms with Gasteiger partial charge in [0.2, 0.25) is 5.95 Å². The number of amides is 1. The maximum Gasteiger partial charge on any atom is 0.416 e. The molecular weight excluding hydrogens is 335 g/mol. The van der Waals surface area contributed by atoms with Crippen LogP contribution < -0.4 is 10.5 Å². The van der Waals surface area contributed by atoms with Crippen molar-refractivity contribution in [3.8, 4) is 0 Å². The second-order valence-corrected chi connectivity index (χ2v) is 5.63. The third-order valence-corrected chi connectivity index (χ3v) is 3.80. The van der Waals surface area contributed by atoms with Crippen LogP contribution in [0.3, 0.4) is 0 Å². The Hall–Kier alpha value is -2.90. The van der Waals surface area contributed by atoms with Gasteiger partial charge in [-0.15, -0.1) is 0 Å². The summed E-state index contributed by atoms with van der Waals surface area (Å²) in [6.45, 7) is 2.28. The van der Waals surface area contributed by atoms with E-state index in [4.69, 9.17) is 0 Å². The monoisotopic (exact) mass is 349 g/mol. The van der Waals surface area contributed by atoms with E-state index in [-0.39, 0.29) is 23.6 Å². The highest BCUT2D eigenvalue weighted by atomic mass is 19.4. The Labute approximate surface area is 141 Å². The lowest BCUT2D eigenvalue weighted by atomic mass is 10.1. The molecule has 0 atom stereocenters. The van der Waals surface area contributed by atoms with E-state index in [1.807, 2.05) is 0 Å². The Bertz CT molecular complexity index is 916. The minimum absolute atomic E-state index is 0.236. The maximum atomic E-state index is 12.7. The maximum absolute atomic E-state index is 12.7. The second-order valence-electron chi connectivity index (χ2n) is 5.63. The van der Waals surface area contributed by atoms with Gasteiger partial charge >= 0.3 is 6.18 Å². The van der Waals surface area contributed by atoms with Gasteiger partial charge in [0.05, 0.1) is 5.56 Å². The number of anilines is 1. The molecule has 0 unspecified atom stereocenters. The molecule has 1 aromatic carbocycles. The molecule has 1 amide bonds. The van der Waals surface area contributed by atoms with Crippen LogP contribution in [-0.4, -0.2) is 22.0 Å². The molecule has 5 nitrogen and oxygen atoms in total. The number of alkyl halides is 3. The van der Waals surface area contributed by atoms with Gasteiger partial charge in [0.15, 0.2) is 0 Å². The van der Waals surface area contributed by atoms with Crippen molar-refractivity contribution in [1.29, 1.82) is 0 Å². The third kappa shape index (κ3) is 3.47. The average Bonchev–Trinajstić information content (AvgIpc) is 2.96. The van der Waals surface area contributed by atoms with Crippen LogP contribution in [0.1, 0.15) is 16.8 Å². The van der Waals surface area contributed by atoms with Crippen LogP contribution in [0.5, 0.6) is 0 Å². The lowest BCUT2D eigenvalue weighted by molar-refractivity contribution is -0.137. The molecule has 1 aliphatic heterocycles. The fourth-order valence-corrected chi connectivity index (χ4v) is 2.61. The number of halogens is 3. The van der Waals surface area contributed by atoms with Crippen molar-refractivity contribution in [1.82, 2.24) is 9.55 Å². The Morgan fingerprint density at radius 1 is 1.24 bits per heavy atom. The van der Waals surface area contributed by atoms with Crippen molar-refractivity contribution in [2.45, 2.75) is 19.6 Å². The van der Waals surface area contributed by atoms with Crippen molar-refractivity contribution in [2.75, 3.05) is 11.4 Å². The third-order valence-electron chi connectivity index (χ3n) is 3.80. The number of hydrogen-bond acceptors (Lipinski definition) is 3. The predicted molar refractivity (Wildman–Crippen MR) is 86.1 cm³/mol. The van der Waals surface area contributed by atoms with Crippen LogP contribution in [-0.2, 0) is 17.5 Å². The fraction of sp³-hybridized carbons (Fsp3) is 0.235. The lowest BCUT2D eigenvalue weighted by Gasteiger charge is -2.13. The number of carbonyl (C=O) groups is 1. The molecule has 0 N–H and O–H groups in total. The molecule has 0 saturated heterocycles. The number of nitrogens with zero attached hydrogens (tertiary/aromatic N) is 3. The van der Waals surface area contributed by atoms with E-state index in [2.05, 4.69) is 4.98 Å². The fourth-order valence-electron chi connectivity index (χ4n) is 2.61. The zero-order valence-electron chi connectivity index (χ0n) is 13.2. The number of aryl methyl sites for hydroxylation is 1. The van der Waals surface area contributed by atoms with Crippen molar-refractivity contribution >= 4 is 17.9 Å². The van der Waals surface area contributed by atoms with Crippen LogP contribution in [0, 0.1) is 6.92 Å². The van der Waals surface area contributed by atoms with Gasteiger partial charge in [-0.3, -0.25) is 19.1 Å². The van der Waals surface area contributed by atoms with Crippen molar-refractivity contribution in [2.24, 2.45) is 0 Å². The van der Waals surface area contributed by atoms with E-state index in [0.29, 0.717) is 12.2 Å². The number of hydrogen-bond donors (Lipinski definition) is 0. The van der Waals surface area contributed by atoms with E-state index < -0.39 is 17.6 Å². The van der Waals surface area contributed by atoms with Gasteiger partial charge in [-0.25, -0.2) is 4.98 Å². The molecule has 0 spiro atoms. The summed E-state index contributed by atoms with van der Waals surface area (Å²) in [4.78, 5) is 29.8. The van der Waals surface area contributed by atoms with Crippen LogP contribution in [0.4, 0.5) is 19.1 Å². The predicted octanol–water partition coefficient (Wildman–Crippen LogP) is 2.63. The van der Waals surface area contributed by atoms with Crippen LogP contribution in [0.25, 0.3) is 6.08 Å². The van der Waals surface area contributed by atoms with E-state index in [9.17, 15) is 22.8 Å². The summed E-state index contributed by atoms with van der Waals surface area (Å²) in [6, 6.07) is 6.08. The first kappa shape index (κ1) is 16.9. The van der Waals surface area contributed by atoms with E-state index >= 15 is 0 Å². The number of aromatic nitrogens is 2. The quantitative estimate of drug-likeness (QED) is 0.783. The zero-order chi connectivity index (χ0) is 18.2. The van der Waals surface area contributed by atoms with Crippen LogP contribution in [0.2, 0.25) is 0 Å². The van der Waals surface area contributed by atoms with Gasteiger partial charge in [0.1, 0.15) is 0 Å². The number of fused-ring (bicyclic) bond motifs is 1. The standard InChI is InChI=1S/C17H14F3N3O2/c1-11-9-15(25)23-8-7-22(16(23)21-11)14(24)6-5-12-3-2-4-13(10-12)17(18,19)20/h2-6,9-10H,7-8H2,1H3/b6-5+. The van der Waals surface area contributed by atoms with Gasteiger partial charge in [0, 0.05) is 30.9 Å². The summed E-state index contributed by atoms with van der Waals surface area (Å²) in [7, 11) is 0. The topological polar surface area (TPSA) is 55.2 Å². The molecule has 2 aromatic rings. The molecule has 0 saturated carbocycles. The Morgan fingerprint density at radius 3 is 2.72 bits per heavy atom. The first-order chi connectivity index (χ1) is 11.8.